The molecule has 0 bridgehead atoms. The summed E-state index contributed by atoms with van der Waals surface area (Å²) in [5.41, 5.74) is 1.38. The fourth-order valence-corrected chi connectivity index (χ4v) is 3.68. The van der Waals surface area contributed by atoms with E-state index >= 15 is 0 Å². The van der Waals surface area contributed by atoms with Crippen molar-refractivity contribution in [1.29, 1.82) is 0 Å². The second kappa shape index (κ2) is 9.37. The molecule has 0 radical (unpaired) electrons. The van der Waals surface area contributed by atoms with Gasteiger partial charge in [0.1, 0.15) is 0 Å². The van der Waals surface area contributed by atoms with Crippen molar-refractivity contribution in [2.45, 2.75) is 32.9 Å². The van der Waals surface area contributed by atoms with Gasteiger partial charge in [0.25, 0.3) is 0 Å². The normalized spacial score (nSPS) is 15.4. The van der Waals surface area contributed by atoms with Gasteiger partial charge in [-0.3, -0.25) is 14.5 Å². The van der Waals surface area contributed by atoms with Crippen LogP contribution in [0.25, 0.3) is 0 Å². The third-order valence-electron chi connectivity index (χ3n) is 5.14. The van der Waals surface area contributed by atoms with Gasteiger partial charge in [0.2, 0.25) is 0 Å². The van der Waals surface area contributed by atoms with E-state index in [-0.39, 0.29) is 17.7 Å². The molecule has 1 fully saturated rings. The number of esters is 1. The van der Waals surface area contributed by atoms with Gasteiger partial charge in [0.15, 0.2) is 12.0 Å². The van der Waals surface area contributed by atoms with Crippen LogP contribution in [-0.2, 0) is 9.53 Å². The molecule has 0 saturated carbocycles. The average Bonchev–Trinajstić information content (AvgIpc) is 2.74. The topological polar surface area (TPSA) is 66.9 Å². The lowest BCUT2D eigenvalue weighted by Gasteiger charge is -2.37. The van der Waals surface area contributed by atoms with E-state index in [1.54, 1.807) is 11.8 Å². The van der Waals surface area contributed by atoms with Crippen molar-refractivity contribution in [3.8, 4) is 0 Å². The molecule has 1 unspecified atom stereocenters. The lowest BCUT2D eigenvalue weighted by Crippen LogP contribution is -2.51. The first-order valence-corrected chi connectivity index (χ1v) is 9.87. The Labute approximate surface area is 171 Å². The number of carbonyl (C=O) groups is 3. The maximum atomic E-state index is 13.2. The van der Waals surface area contributed by atoms with Gasteiger partial charge in [-0.15, -0.1) is 0 Å². The van der Waals surface area contributed by atoms with Gasteiger partial charge in [-0.25, -0.2) is 4.79 Å². The third-order valence-corrected chi connectivity index (χ3v) is 5.14. The molecule has 6 nitrogen and oxygen atoms in total. The summed E-state index contributed by atoms with van der Waals surface area (Å²) in [6, 6.07) is 18.2. The average molecular weight is 394 g/mol. The largest absolute Gasteiger partial charge is 0.442 e. The number of rotatable bonds is 5. The first-order valence-electron chi connectivity index (χ1n) is 9.87. The summed E-state index contributed by atoms with van der Waals surface area (Å²) in [6.07, 6.45) is 0.500. The van der Waals surface area contributed by atoms with Crippen LogP contribution in [0.15, 0.2) is 60.7 Å². The maximum Gasteiger partial charge on any atom is 0.327 e. The molecule has 1 aliphatic rings. The zero-order valence-corrected chi connectivity index (χ0v) is 16.8. The van der Waals surface area contributed by atoms with Crippen LogP contribution < -0.4 is 4.90 Å². The van der Waals surface area contributed by atoms with E-state index in [9.17, 15) is 14.4 Å². The number of urea groups is 1. The SMILES string of the molecule is CC(=O)OC(C)N(C(=O)N1CCC(C(=O)c2ccccc2)CC1)c1ccccc1. The number of Topliss-reactive ketones (excluding diaryl/α,β-unsaturated/α-hetero) is 1. The van der Waals surface area contributed by atoms with Gasteiger partial charge in [0.05, 0.1) is 0 Å². The Bertz CT molecular complexity index is 846. The van der Waals surface area contributed by atoms with E-state index in [1.165, 1.54) is 11.8 Å². The number of ether oxygens (including phenoxy) is 1. The highest BCUT2D eigenvalue weighted by Gasteiger charge is 2.33. The Morgan fingerprint density at radius 1 is 0.966 bits per heavy atom. The van der Waals surface area contributed by atoms with E-state index in [2.05, 4.69) is 0 Å². The van der Waals surface area contributed by atoms with E-state index < -0.39 is 12.2 Å². The number of anilines is 1. The Morgan fingerprint density at radius 3 is 2.07 bits per heavy atom. The zero-order chi connectivity index (χ0) is 20.8. The molecule has 2 aromatic rings. The summed E-state index contributed by atoms with van der Waals surface area (Å²) in [4.78, 5) is 40.6. The molecule has 2 amide bonds. The Kier molecular flexibility index (Phi) is 6.65. The van der Waals surface area contributed by atoms with Crippen LogP contribution in [0.2, 0.25) is 0 Å². The van der Waals surface area contributed by atoms with Crippen LogP contribution in [-0.4, -0.2) is 42.0 Å². The van der Waals surface area contributed by atoms with Crippen molar-refractivity contribution in [2.24, 2.45) is 5.92 Å². The van der Waals surface area contributed by atoms with Gasteiger partial charge in [0, 0.05) is 37.2 Å². The van der Waals surface area contributed by atoms with Crippen LogP contribution >= 0.6 is 0 Å². The van der Waals surface area contributed by atoms with Crippen LogP contribution in [0, 0.1) is 5.92 Å². The Balaban J connectivity index is 1.69. The van der Waals surface area contributed by atoms with Gasteiger partial charge < -0.3 is 9.64 Å². The van der Waals surface area contributed by atoms with Gasteiger partial charge >= 0.3 is 12.0 Å². The van der Waals surface area contributed by atoms with Crippen LogP contribution in [0.3, 0.4) is 0 Å². The van der Waals surface area contributed by atoms with Crippen LogP contribution in [0.1, 0.15) is 37.0 Å². The van der Waals surface area contributed by atoms with Crippen LogP contribution in [0.5, 0.6) is 0 Å². The monoisotopic (exact) mass is 394 g/mol. The molecule has 1 saturated heterocycles. The molecule has 29 heavy (non-hydrogen) atoms. The molecular formula is C23H26N2O4. The summed E-state index contributed by atoms with van der Waals surface area (Å²) in [7, 11) is 0. The summed E-state index contributed by atoms with van der Waals surface area (Å²) in [6.45, 7) is 3.97. The minimum atomic E-state index is -0.730. The number of nitrogens with zero attached hydrogens (tertiary/aromatic N) is 2. The van der Waals surface area contributed by atoms with Gasteiger partial charge in [-0.1, -0.05) is 48.5 Å². The van der Waals surface area contributed by atoms with Crippen LogP contribution in [0.4, 0.5) is 10.5 Å². The predicted molar refractivity (Wildman–Crippen MR) is 111 cm³/mol. The van der Waals surface area contributed by atoms with Crippen molar-refractivity contribution in [3.05, 3.63) is 66.2 Å². The molecule has 3 rings (SSSR count). The Morgan fingerprint density at radius 2 is 1.52 bits per heavy atom. The smallest absolute Gasteiger partial charge is 0.327 e. The van der Waals surface area contributed by atoms with Crippen molar-refractivity contribution in [1.82, 2.24) is 4.90 Å². The number of hydrogen-bond acceptors (Lipinski definition) is 4. The molecule has 0 spiro atoms. The zero-order valence-electron chi connectivity index (χ0n) is 16.8. The van der Waals surface area contributed by atoms with Crippen molar-refractivity contribution >= 4 is 23.5 Å². The van der Waals surface area contributed by atoms with E-state index in [1.807, 2.05) is 60.7 Å². The summed E-state index contributed by atoms with van der Waals surface area (Å²) in [5, 5.41) is 0. The number of para-hydroxylation sites is 1. The van der Waals surface area contributed by atoms with E-state index in [0.29, 0.717) is 37.2 Å². The molecule has 1 heterocycles. The molecule has 152 valence electrons. The number of piperidine rings is 1. The van der Waals surface area contributed by atoms with Gasteiger partial charge in [-0.05, 0) is 31.9 Å². The molecule has 0 N–H and O–H groups in total. The van der Waals surface area contributed by atoms with E-state index in [4.69, 9.17) is 4.74 Å². The summed E-state index contributed by atoms with van der Waals surface area (Å²) in [5.74, 6) is -0.401. The fourth-order valence-electron chi connectivity index (χ4n) is 3.68. The van der Waals surface area contributed by atoms with Crippen molar-refractivity contribution < 1.29 is 19.1 Å². The second-order valence-electron chi connectivity index (χ2n) is 7.19. The van der Waals surface area contributed by atoms with Crippen molar-refractivity contribution in [3.63, 3.8) is 0 Å². The molecular weight excluding hydrogens is 368 g/mol. The predicted octanol–water partition coefficient (Wildman–Crippen LogP) is 4.12. The fraction of sp³-hybridized carbons (Fsp3) is 0.348. The highest BCUT2D eigenvalue weighted by molar-refractivity contribution is 5.98. The molecule has 1 atom stereocenters. The molecule has 6 heteroatoms. The lowest BCUT2D eigenvalue weighted by molar-refractivity contribution is -0.145. The summed E-state index contributed by atoms with van der Waals surface area (Å²) < 4.78 is 5.28. The number of ketones is 1. The first-order chi connectivity index (χ1) is 14.0. The first kappa shape index (κ1) is 20.6. The minimum absolute atomic E-state index is 0.0856. The lowest BCUT2D eigenvalue weighted by atomic mass is 9.89. The number of likely N-dealkylation sites (tertiary alicyclic amines) is 1. The highest BCUT2D eigenvalue weighted by Crippen LogP contribution is 2.25. The number of hydrogen-bond donors (Lipinski definition) is 0. The second-order valence-corrected chi connectivity index (χ2v) is 7.19. The molecule has 0 aliphatic carbocycles. The maximum absolute atomic E-state index is 13.2. The van der Waals surface area contributed by atoms with Gasteiger partial charge in [-0.2, -0.15) is 0 Å². The Hall–Kier alpha value is -3.15. The summed E-state index contributed by atoms with van der Waals surface area (Å²) >= 11 is 0. The third kappa shape index (κ3) is 5.02. The molecule has 2 aromatic carbocycles. The molecule has 0 aromatic heterocycles. The van der Waals surface area contributed by atoms with E-state index in [0.717, 1.165) is 0 Å². The number of carbonyl (C=O) groups excluding carboxylic acids is 3. The van der Waals surface area contributed by atoms with Crippen molar-refractivity contribution in [2.75, 3.05) is 18.0 Å². The number of amides is 2. The quantitative estimate of drug-likeness (QED) is 0.435. The highest BCUT2D eigenvalue weighted by atomic mass is 16.6. The number of benzene rings is 2. The molecule has 1 aliphatic heterocycles. The minimum Gasteiger partial charge on any atom is -0.442 e. The standard InChI is InChI=1S/C23H26N2O4/c1-17(29-18(2)26)25(21-11-7-4-8-12-21)23(28)24-15-13-20(14-16-24)22(27)19-9-5-3-6-10-19/h3-12,17,20H,13-16H2,1-2H3.